The summed E-state index contributed by atoms with van der Waals surface area (Å²) >= 11 is 0. The highest BCUT2D eigenvalue weighted by Gasteiger charge is 2.29. The second-order valence-corrected chi connectivity index (χ2v) is 6.10. The first-order valence-electron chi connectivity index (χ1n) is 9.02. The molecule has 1 fully saturated rings. The van der Waals surface area contributed by atoms with Gasteiger partial charge in [0, 0.05) is 26.3 Å². The van der Waals surface area contributed by atoms with Crippen LogP contribution in [-0.2, 0) is 14.2 Å². The van der Waals surface area contributed by atoms with E-state index in [1.807, 2.05) is 0 Å². The molecule has 0 bridgehead atoms. The molecule has 0 aromatic rings. The van der Waals surface area contributed by atoms with E-state index in [1.165, 1.54) is 6.42 Å². The second kappa shape index (κ2) is 15.2. The minimum Gasteiger partial charge on any atom is -0.379 e. The molecule has 2 N–H and O–H groups in total. The molecule has 24 heavy (non-hydrogen) atoms. The van der Waals surface area contributed by atoms with Gasteiger partial charge in [-0.1, -0.05) is 13.3 Å². The van der Waals surface area contributed by atoms with E-state index in [-0.39, 0.29) is 29.6 Å². The first-order chi connectivity index (χ1) is 11.2. The van der Waals surface area contributed by atoms with Gasteiger partial charge in [-0.2, -0.15) is 0 Å². The summed E-state index contributed by atoms with van der Waals surface area (Å²) in [5.74, 6) is 0.826. The van der Waals surface area contributed by atoms with Crippen molar-refractivity contribution in [2.75, 3.05) is 52.7 Å². The number of rotatable bonds is 12. The summed E-state index contributed by atoms with van der Waals surface area (Å²) in [6.07, 6.45) is 4.50. The van der Waals surface area contributed by atoms with Crippen molar-refractivity contribution in [1.82, 2.24) is 10.6 Å². The summed E-state index contributed by atoms with van der Waals surface area (Å²) in [5.41, 5.74) is -0.103. The Morgan fingerprint density at radius 2 is 1.88 bits per heavy atom. The van der Waals surface area contributed by atoms with E-state index >= 15 is 0 Å². The average Bonchev–Trinajstić information content (AvgIpc) is 2.98. The molecule has 0 spiro atoms. The average molecular weight is 457 g/mol. The predicted molar refractivity (Wildman–Crippen MR) is 110 cm³/mol. The van der Waals surface area contributed by atoms with E-state index < -0.39 is 0 Å². The van der Waals surface area contributed by atoms with Gasteiger partial charge in [-0.3, -0.25) is 4.99 Å². The molecule has 0 radical (unpaired) electrons. The standard InChI is InChI=1S/C17H35N3O3.HI/c1-4-6-10-21-13-14-22-12-9-19-16(18-5-2)20-15-17(3)8-7-11-23-17;/h4-15H2,1-3H3,(H2,18,19,20);1H. The van der Waals surface area contributed by atoms with Gasteiger partial charge < -0.3 is 24.8 Å². The van der Waals surface area contributed by atoms with Gasteiger partial charge in [-0.15, -0.1) is 24.0 Å². The SMILES string of the molecule is CCCCOCCOCCNC(=NCC1(C)CCCO1)NCC.I. The van der Waals surface area contributed by atoms with E-state index in [4.69, 9.17) is 14.2 Å². The molecule has 0 aromatic carbocycles. The number of hydrogen-bond donors (Lipinski definition) is 2. The molecular weight excluding hydrogens is 421 g/mol. The highest BCUT2D eigenvalue weighted by Crippen LogP contribution is 2.24. The van der Waals surface area contributed by atoms with E-state index in [0.29, 0.717) is 26.4 Å². The maximum Gasteiger partial charge on any atom is 0.191 e. The lowest BCUT2D eigenvalue weighted by Crippen LogP contribution is -2.40. The van der Waals surface area contributed by atoms with Crippen molar-refractivity contribution in [3.63, 3.8) is 0 Å². The Morgan fingerprint density at radius 3 is 2.50 bits per heavy atom. The van der Waals surface area contributed by atoms with Crippen LogP contribution in [-0.4, -0.2) is 64.2 Å². The Labute approximate surface area is 164 Å². The van der Waals surface area contributed by atoms with E-state index in [9.17, 15) is 0 Å². The summed E-state index contributed by atoms with van der Waals surface area (Å²) in [5, 5.41) is 6.54. The molecule has 1 saturated heterocycles. The molecule has 0 aromatic heterocycles. The number of nitrogens with one attached hydrogen (secondary N) is 2. The van der Waals surface area contributed by atoms with Gasteiger partial charge in [0.05, 0.1) is 32.0 Å². The molecule has 0 aliphatic carbocycles. The third-order valence-electron chi connectivity index (χ3n) is 3.77. The van der Waals surface area contributed by atoms with Crippen LogP contribution < -0.4 is 10.6 Å². The zero-order valence-electron chi connectivity index (χ0n) is 15.6. The van der Waals surface area contributed by atoms with Crippen LogP contribution in [0.5, 0.6) is 0 Å². The van der Waals surface area contributed by atoms with Crippen LogP contribution in [0.25, 0.3) is 0 Å². The summed E-state index contributed by atoms with van der Waals surface area (Å²) in [6.45, 7) is 12.3. The third kappa shape index (κ3) is 11.4. The maximum atomic E-state index is 5.77. The largest absolute Gasteiger partial charge is 0.379 e. The molecule has 6 nitrogen and oxygen atoms in total. The zero-order chi connectivity index (χ0) is 16.8. The van der Waals surface area contributed by atoms with Gasteiger partial charge in [-0.05, 0) is 33.1 Å². The zero-order valence-corrected chi connectivity index (χ0v) is 17.9. The monoisotopic (exact) mass is 457 g/mol. The number of ether oxygens (including phenoxy) is 3. The van der Waals surface area contributed by atoms with Crippen LogP contribution >= 0.6 is 24.0 Å². The smallest absolute Gasteiger partial charge is 0.191 e. The van der Waals surface area contributed by atoms with Crippen LogP contribution in [0.4, 0.5) is 0 Å². The molecule has 0 amide bonds. The lowest BCUT2D eigenvalue weighted by molar-refractivity contribution is 0.0283. The van der Waals surface area contributed by atoms with Crippen LogP contribution in [0.15, 0.2) is 4.99 Å². The van der Waals surface area contributed by atoms with Crippen LogP contribution in [0.1, 0.15) is 46.5 Å². The second-order valence-electron chi connectivity index (χ2n) is 6.10. The van der Waals surface area contributed by atoms with Crippen molar-refractivity contribution >= 4 is 29.9 Å². The van der Waals surface area contributed by atoms with Crippen molar-refractivity contribution in [3.8, 4) is 0 Å². The highest BCUT2D eigenvalue weighted by atomic mass is 127. The molecule has 1 aliphatic heterocycles. The minimum atomic E-state index is -0.103. The Hall–Kier alpha value is -0.120. The highest BCUT2D eigenvalue weighted by molar-refractivity contribution is 14.0. The molecular formula is C17H36IN3O3. The van der Waals surface area contributed by atoms with Crippen molar-refractivity contribution in [2.24, 2.45) is 4.99 Å². The molecule has 7 heteroatoms. The molecule has 1 rings (SSSR count). The predicted octanol–water partition coefficient (Wildman–Crippen LogP) is 2.56. The quantitative estimate of drug-likeness (QED) is 0.204. The first-order valence-corrected chi connectivity index (χ1v) is 9.02. The lowest BCUT2D eigenvalue weighted by Gasteiger charge is -2.21. The number of halogens is 1. The van der Waals surface area contributed by atoms with Crippen LogP contribution in [0, 0.1) is 0 Å². The number of guanidine groups is 1. The van der Waals surface area contributed by atoms with Crippen molar-refractivity contribution < 1.29 is 14.2 Å². The fraction of sp³-hybridized carbons (Fsp3) is 0.941. The van der Waals surface area contributed by atoms with Crippen molar-refractivity contribution in [3.05, 3.63) is 0 Å². The van der Waals surface area contributed by atoms with Gasteiger partial charge in [0.2, 0.25) is 0 Å². The van der Waals surface area contributed by atoms with Crippen molar-refractivity contribution in [1.29, 1.82) is 0 Å². The van der Waals surface area contributed by atoms with Crippen molar-refractivity contribution in [2.45, 2.75) is 52.1 Å². The van der Waals surface area contributed by atoms with Crippen LogP contribution in [0.2, 0.25) is 0 Å². The Balaban J connectivity index is 0.00000529. The van der Waals surface area contributed by atoms with E-state index in [0.717, 1.165) is 51.5 Å². The van der Waals surface area contributed by atoms with Gasteiger partial charge in [0.15, 0.2) is 5.96 Å². The van der Waals surface area contributed by atoms with Gasteiger partial charge in [-0.25, -0.2) is 0 Å². The minimum absolute atomic E-state index is 0. The maximum absolute atomic E-state index is 5.77. The first kappa shape index (κ1) is 23.9. The van der Waals surface area contributed by atoms with Crippen LogP contribution in [0.3, 0.4) is 0 Å². The topological polar surface area (TPSA) is 64.1 Å². The third-order valence-corrected chi connectivity index (χ3v) is 3.77. The molecule has 144 valence electrons. The molecule has 0 saturated carbocycles. The summed E-state index contributed by atoms with van der Waals surface area (Å²) in [7, 11) is 0. The lowest BCUT2D eigenvalue weighted by atomic mass is 10.0. The molecule has 1 heterocycles. The summed E-state index contributed by atoms with van der Waals surface area (Å²) in [6, 6.07) is 0. The number of aliphatic imine (C=N–C) groups is 1. The Morgan fingerprint density at radius 1 is 1.12 bits per heavy atom. The summed E-state index contributed by atoms with van der Waals surface area (Å²) in [4.78, 5) is 4.62. The van der Waals surface area contributed by atoms with Gasteiger partial charge in [0.25, 0.3) is 0 Å². The fourth-order valence-corrected chi connectivity index (χ4v) is 2.36. The normalized spacial score (nSPS) is 20.7. The number of hydrogen-bond acceptors (Lipinski definition) is 4. The van der Waals surface area contributed by atoms with Gasteiger partial charge >= 0.3 is 0 Å². The fourth-order valence-electron chi connectivity index (χ4n) is 2.36. The number of nitrogens with zero attached hydrogens (tertiary/aromatic N) is 1. The van der Waals surface area contributed by atoms with E-state index in [2.05, 4.69) is 36.4 Å². The molecule has 1 atom stereocenters. The summed E-state index contributed by atoms with van der Waals surface area (Å²) < 4.78 is 16.8. The Bertz CT molecular complexity index is 324. The van der Waals surface area contributed by atoms with Gasteiger partial charge in [0.1, 0.15) is 0 Å². The number of unbranched alkanes of at least 4 members (excludes halogenated alkanes) is 1. The molecule has 1 unspecified atom stereocenters. The molecule has 1 aliphatic rings. The Kier molecular flexibility index (Phi) is 15.1. The van der Waals surface area contributed by atoms with E-state index in [1.54, 1.807) is 0 Å².